The Morgan fingerprint density at radius 1 is 0.763 bits per heavy atom. The highest BCUT2D eigenvalue weighted by atomic mass is 16.6. The highest BCUT2D eigenvalue weighted by molar-refractivity contribution is 5.85. The van der Waals surface area contributed by atoms with E-state index >= 15 is 0 Å². The van der Waals surface area contributed by atoms with Crippen LogP contribution >= 0.6 is 0 Å². The fraction of sp³-hybridized carbons (Fsp3) is 0.367. The number of carbonyl (C=O) groups is 3. The van der Waals surface area contributed by atoms with E-state index in [1.165, 1.54) is 16.3 Å². The molecule has 0 heterocycles. The third-order valence-electron chi connectivity index (χ3n) is 5.88. The van der Waals surface area contributed by atoms with Crippen molar-refractivity contribution in [2.75, 3.05) is 19.8 Å². The van der Waals surface area contributed by atoms with E-state index in [-0.39, 0.29) is 19.8 Å². The highest BCUT2D eigenvalue weighted by Crippen LogP contribution is 2.18. The Kier molecular flexibility index (Phi) is 11.7. The second kappa shape index (κ2) is 15.5. The van der Waals surface area contributed by atoms with Gasteiger partial charge in [0.05, 0.1) is 6.61 Å². The molecular weight excluding hydrogens is 488 g/mol. The largest absolute Gasteiger partial charge is 0.479 e. The molecule has 0 saturated heterocycles. The summed E-state index contributed by atoms with van der Waals surface area (Å²) in [6.45, 7) is 1.20. The van der Waals surface area contributed by atoms with Crippen LogP contribution in [0.2, 0.25) is 0 Å². The molecule has 1 N–H and O–H groups in total. The zero-order valence-electron chi connectivity index (χ0n) is 21.5. The number of aliphatic carboxylic acids is 1. The molecule has 202 valence electrons. The SMILES string of the molecule is CCOC(=O)CO[C@@H](C(=O)OCc1ccccc1)[C@@H](OCCCCCc1ccc2ccccc2c1)C(=O)O. The molecule has 0 aliphatic rings. The van der Waals surface area contributed by atoms with Gasteiger partial charge in [-0.3, -0.25) is 0 Å². The van der Waals surface area contributed by atoms with Crippen LogP contribution < -0.4 is 0 Å². The minimum atomic E-state index is -1.63. The minimum absolute atomic E-state index is 0.0694. The number of fused-ring (bicyclic) bond motifs is 1. The second-order valence-corrected chi connectivity index (χ2v) is 8.75. The molecule has 0 unspecified atom stereocenters. The van der Waals surface area contributed by atoms with Gasteiger partial charge in [0.25, 0.3) is 0 Å². The van der Waals surface area contributed by atoms with Gasteiger partial charge < -0.3 is 24.1 Å². The van der Waals surface area contributed by atoms with Gasteiger partial charge >= 0.3 is 17.9 Å². The second-order valence-electron chi connectivity index (χ2n) is 8.75. The van der Waals surface area contributed by atoms with Crippen molar-refractivity contribution in [2.45, 2.75) is 51.4 Å². The van der Waals surface area contributed by atoms with Gasteiger partial charge in [-0.2, -0.15) is 0 Å². The number of hydrogen-bond acceptors (Lipinski definition) is 7. The van der Waals surface area contributed by atoms with E-state index in [0.29, 0.717) is 6.42 Å². The van der Waals surface area contributed by atoms with Gasteiger partial charge in [-0.05, 0) is 48.1 Å². The Hall–Kier alpha value is -3.75. The molecular formula is C30H34O8. The first-order valence-corrected chi connectivity index (χ1v) is 12.8. The number of carbonyl (C=O) groups excluding carboxylic acids is 2. The fourth-order valence-corrected chi connectivity index (χ4v) is 3.95. The van der Waals surface area contributed by atoms with Crippen molar-refractivity contribution >= 4 is 28.7 Å². The number of benzene rings is 3. The van der Waals surface area contributed by atoms with Gasteiger partial charge in [0, 0.05) is 6.61 Å². The Labute approximate surface area is 222 Å². The van der Waals surface area contributed by atoms with E-state index < -0.39 is 36.7 Å². The Morgan fingerprint density at radius 3 is 2.24 bits per heavy atom. The lowest BCUT2D eigenvalue weighted by molar-refractivity contribution is -0.184. The van der Waals surface area contributed by atoms with E-state index in [4.69, 9.17) is 18.9 Å². The van der Waals surface area contributed by atoms with E-state index in [9.17, 15) is 19.5 Å². The Balaban J connectivity index is 1.51. The maximum atomic E-state index is 12.8. The zero-order valence-corrected chi connectivity index (χ0v) is 21.5. The molecule has 0 aromatic heterocycles. The predicted octanol–water partition coefficient (Wildman–Crippen LogP) is 4.71. The van der Waals surface area contributed by atoms with E-state index in [1.54, 1.807) is 31.2 Å². The Bertz CT molecular complexity index is 1180. The molecule has 2 atom stereocenters. The molecule has 0 fully saturated rings. The normalized spacial score (nSPS) is 12.6. The van der Waals surface area contributed by atoms with Crippen molar-refractivity contribution < 1.29 is 38.4 Å². The number of carboxylic acid groups (broad SMARTS) is 1. The quantitative estimate of drug-likeness (QED) is 0.213. The van der Waals surface area contributed by atoms with Gasteiger partial charge in [-0.1, -0.05) is 79.2 Å². The van der Waals surface area contributed by atoms with Gasteiger partial charge in [0.2, 0.25) is 0 Å². The number of unbranched alkanes of at least 4 members (excludes halogenated alkanes) is 2. The van der Waals surface area contributed by atoms with Crippen molar-refractivity contribution in [3.63, 3.8) is 0 Å². The van der Waals surface area contributed by atoms with Crippen molar-refractivity contribution in [1.82, 2.24) is 0 Å². The average molecular weight is 523 g/mol. The topological polar surface area (TPSA) is 108 Å². The molecule has 0 amide bonds. The van der Waals surface area contributed by atoms with Crippen molar-refractivity contribution in [1.29, 1.82) is 0 Å². The molecule has 38 heavy (non-hydrogen) atoms. The monoisotopic (exact) mass is 522 g/mol. The van der Waals surface area contributed by atoms with Gasteiger partial charge in [-0.25, -0.2) is 14.4 Å². The highest BCUT2D eigenvalue weighted by Gasteiger charge is 2.37. The third kappa shape index (κ3) is 9.28. The van der Waals surface area contributed by atoms with Crippen LogP contribution in [0, 0.1) is 0 Å². The number of aryl methyl sites for hydroxylation is 1. The lowest BCUT2D eigenvalue weighted by atomic mass is 10.0. The van der Waals surface area contributed by atoms with E-state index in [1.807, 2.05) is 18.2 Å². The summed E-state index contributed by atoms with van der Waals surface area (Å²) in [4.78, 5) is 36.5. The van der Waals surface area contributed by atoms with Crippen LogP contribution in [0.25, 0.3) is 10.8 Å². The summed E-state index contributed by atoms with van der Waals surface area (Å²) < 4.78 is 21.0. The maximum absolute atomic E-state index is 12.8. The molecule has 0 spiro atoms. The number of ether oxygens (including phenoxy) is 4. The summed E-state index contributed by atoms with van der Waals surface area (Å²) in [6.07, 6.45) is -0.0510. The average Bonchev–Trinajstić information content (AvgIpc) is 2.93. The standard InChI is InChI=1S/C30H34O8/c1-2-35-26(31)21-37-28(30(34)38-20-23-12-5-3-6-13-23)27(29(32)33)36-18-10-4-7-11-22-16-17-24-14-8-9-15-25(24)19-22/h3,5-6,8-9,12-17,19,27-28H,2,4,7,10-11,18,20-21H2,1H3,(H,32,33)/t27-,28-/m1/s1. The molecule has 3 rings (SSSR count). The van der Waals surface area contributed by atoms with Crippen LogP contribution in [0.15, 0.2) is 72.8 Å². The predicted molar refractivity (Wildman–Crippen MR) is 141 cm³/mol. The first kappa shape index (κ1) is 28.8. The van der Waals surface area contributed by atoms with Gasteiger partial charge in [0.15, 0.2) is 12.2 Å². The lowest BCUT2D eigenvalue weighted by Gasteiger charge is -2.23. The molecule has 0 saturated carbocycles. The van der Waals surface area contributed by atoms with Crippen LogP contribution in [-0.2, 0) is 46.4 Å². The molecule has 8 heteroatoms. The van der Waals surface area contributed by atoms with Crippen LogP contribution in [0.1, 0.15) is 37.3 Å². The van der Waals surface area contributed by atoms with Crippen molar-refractivity contribution in [2.24, 2.45) is 0 Å². The van der Waals surface area contributed by atoms with E-state index in [0.717, 1.165) is 24.8 Å². The van der Waals surface area contributed by atoms with Crippen molar-refractivity contribution in [3.05, 3.63) is 83.9 Å². The number of rotatable bonds is 16. The lowest BCUT2D eigenvalue weighted by Crippen LogP contribution is -2.45. The van der Waals surface area contributed by atoms with Crippen LogP contribution in [-0.4, -0.2) is 55.0 Å². The summed E-state index contributed by atoms with van der Waals surface area (Å²) >= 11 is 0. The molecule has 3 aromatic rings. The molecule has 0 radical (unpaired) electrons. The maximum Gasteiger partial charge on any atom is 0.339 e. The third-order valence-corrected chi connectivity index (χ3v) is 5.88. The summed E-state index contributed by atoms with van der Waals surface area (Å²) in [6, 6.07) is 23.6. The fourth-order valence-electron chi connectivity index (χ4n) is 3.95. The zero-order chi connectivity index (χ0) is 27.2. The minimum Gasteiger partial charge on any atom is -0.479 e. The molecule has 0 aliphatic heterocycles. The number of carboxylic acids is 1. The van der Waals surface area contributed by atoms with Gasteiger partial charge in [0.1, 0.15) is 13.2 Å². The first-order chi connectivity index (χ1) is 18.5. The molecule has 8 nitrogen and oxygen atoms in total. The first-order valence-electron chi connectivity index (χ1n) is 12.8. The number of esters is 2. The van der Waals surface area contributed by atoms with Crippen LogP contribution in [0.3, 0.4) is 0 Å². The summed E-state index contributed by atoms with van der Waals surface area (Å²) in [5.74, 6) is -3.03. The van der Waals surface area contributed by atoms with Crippen molar-refractivity contribution in [3.8, 4) is 0 Å². The number of hydrogen-bond donors (Lipinski definition) is 1. The van der Waals surface area contributed by atoms with E-state index in [2.05, 4.69) is 30.3 Å². The summed E-state index contributed by atoms with van der Waals surface area (Å²) in [5, 5.41) is 12.2. The summed E-state index contributed by atoms with van der Waals surface area (Å²) in [7, 11) is 0. The smallest absolute Gasteiger partial charge is 0.339 e. The summed E-state index contributed by atoms with van der Waals surface area (Å²) in [5.41, 5.74) is 1.96. The molecule has 0 aliphatic carbocycles. The van der Waals surface area contributed by atoms with Crippen LogP contribution in [0.5, 0.6) is 0 Å². The molecule has 0 bridgehead atoms. The Morgan fingerprint density at radius 2 is 1.50 bits per heavy atom. The van der Waals surface area contributed by atoms with Gasteiger partial charge in [-0.15, -0.1) is 0 Å². The molecule has 3 aromatic carbocycles. The van der Waals surface area contributed by atoms with Crippen LogP contribution in [0.4, 0.5) is 0 Å².